The lowest BCUT2D eigenvalue weighted by atomic mass is 9.50. The highest BCUT2D eigenvalue weighted by atomic mass is 19.1. The van der Waals surface area contributed by atoms with E-state index in [1.807, 2.05) is 0 Å². The number of likely N-dealkylation sites (N-methyl/N-ethyl adjacent to an activating group) is 1. The minimum atomic E-state index is -3.58. The molecule has 0 aromatic heterocycles. The highest BCUT2D eigenvalue weighted by Crippen LogP contribution is 2.41. The quantitative estimate of drug-likeness (QED) is 0.100. The Morgan fingerprint density at radius 1 is 1.14 bits per heavy atom. The number of carbonyl (C=O) groups excluding carboxylic acids is 3. The van der Waals surface area contributed by atoms with Crippen molar-refractivity contribution in [2.45, 2.75) is 61.1 Å². The summed E-state index contributed by atoms with van der Waals surface area (Å²) >= 11 is 0. The molecule has 2 amide bonds. The standard InChI is InChI=1S/C26H27B4FN4O8/c1-32-21(37)20(6-3-9-36)34-13-17-16(22(34)38)4-2-5-19(17)33-11-15-8-7-14(10-18(15)31)12-35-24(29,39)23(27,28)43-26(41,42)25(35,30)40/h2,4-5,7-10,20,33,39-42H,3,6,11-13H2,1H3,(H,32,37). The maximum Gasteiger partial charge on any atom is 0.312 e. The molecule has 2 aromatic carbocycles. The van der Waals surface area contributed by atoms with Crippen molar-refractivity contribution >= 4 is 55.2 Å². The van der Waals surface area contributed by atoms with Crippen LogP contribution >= 0.6 is 0 Å². The Morgan fingerprint density at radius 2 is 1.84 bits per heavy atom. The van der Waals surface area contributed by atoms with Crippen LogP contribution in [0.25, 0.3) is 0 Å². The lowest BCUT2D eigenvalue weighted by molar-refractivity contribution is -0.476. The van der Waals surface area contributed by atoms with Gasteiger partial charge < -0.3 is 45.5 Å². The highest BCUT2D eigenvalue weighted by Gasteiger charge is 2.64. The van der Waals surface area contributed by atoms with Gasteiger partial charge in [-0.05, 0) is 30.2 Å². The van der Waals surface area contributed by atoms with Gasteiger partial charge in [-0.1, -0.05) is 18.2 Å². The summed E-state index contributed by atoms with van der Waals surface area (Å²) < 4.78 is 19.7. The number of carbonyl (C=O) groups is 3. The lowest BCUT2D eigenvalue weighted by Crippen LogP contribution is -2.84. The van der Waals surface area contributed by atoms with Crippen molar-refractivity contribution in [2.24, 2.45) is 0 Å². The number of fused-ring (bicyclic) bond motifs is 1. The second kappa shape index (κ2) is 11.7. The zero-order valence-corrected chi connectivity index (χ0v) is 23.2. The number of benzene rings is 2. The van der Waals surface area contributed by atoms with Gasteiger partial charge in [0.25, 0.3) is 5.91 Å². The summed E-state index contributed by atoms with van der Waals surface area (Å²) in [6.07, 6.45) is 0.936. The molecule has 2 aliphatic rings. The monoisotopic (exact) mass is 586 g/mol. The van der Waals surface area contributed by atoms with Crippen molar-refractivity contribution in [1.29, 1.82) is 0 Å². The van der Waals surface area contributed by atoms with Crippen LogP contribution in [0.1, 0.15) is 39.9 Å². The predicted molar refractivity (Wildman–Crippen MR) is 153 cm³/mol. The molecule has 2 heterocycles. The molecule has 8 radical (unpaired) electrons. The number of hydrogen-bond donors (Lipinski definition) is 6. The summed E-state index contributed by atoms with van der Waals surface area (Å²) in [6, 6.07) is 7.93. The molecule has 218 valence electrons. The summed E-state index contributed by atoms with van der Waals surface area (Å²) in [7, 11) is 23.9. The third kappa shape index (κ3) is 5.85. The molecule has 0 aliphatic carbocycles. The molecule has 2 aliphatic heterocycles. The Kier molecular flexibility index (Phi) is 8.91. The first-order valence-electron chi connectivity index (χ1n) is 13.1. The fourth-order valence-corrected chi connectivity index (χ4v) is 5.07. The number of morpholine rings is 1. The van der Waals surface area contributed by atoms with E-state index < -0.39 is 46.9 Å². The summed E-state index contributed by atoms with van der Waals surface area (Å²) in [5, 5.41) is 44.1. The Morgan fingerprint density at radius 3 is 2.47 bits per heavy atom. The van der Waals surface area contributed by atoms with E-state index in [-0.39, 0.29) is 43.0 Å². The molecule has 1 saturated heterocycles. The van der Waals surface area contributed by atoms with Gasteiger partial charge in [-0.3, -0.25) is 14.5 Å². The first kappa shape index (κ1) is 32.7. The van der Waals surface area contributed by atoms with Crippen molar-refractivity contribution in [3.63, 3.8) is 0 Å². The minimum Gasteiger partial charge on any atom is -0.384 e. The van der Waals surface area contributed by atoms with Gasteiger partial charge in [0.15, 0.2) is 5.62 Å². The van der Waals surface area contributed by atoms with Crippen LogP contribution < -0.4 is 10.6 Å². The Balaban J connectivity index is 1.52. The number of anilines is 1. The number of halogens is 1. The van der Waals surface area contributed by atoms with Gasteiger partial charge in [0, 0.05) is 60.9 Å². The van der Waals surface area contributed by atoms with Gasteiger partial charge in [0.2, 0.25) is 5.91 Å². The van der Waals surface area contributed by atoms with Crippen molar-refractivity contribution in [1.82, 2.24) is 15.1 Å². The van der Waals surface area contributed by atoms with Crippen LogP contribution in [0.15, 0.2) is 36.4 Å². The smallest absolute Gasteiger partial charge is 0.312 e. The average molecular weight is 586 g/mol. The van der Waals surface area contributed by atoms with Crippen LogP contribution in [0, 0.1) is 5.82 Å². The van der Waals surface area contributed by atoms with E-state index in [4.69, 9.17) is 31.4 Å². The topological polar surface area (TPSA) is 172 Å². The van der Waals surface area contributed by atoms with Crippen molar-refractivity contribution in [3.05, 3.63) is 64.5 Å². The van der Waals surface area contributed by atoms with Crippen LogP contribution in [0.3, 0.4) is 0 Å². The first-order valence-corrected chi connectivity index (χ1v) is 13.1. The fourth-order valence-electron chi connectivity index (χ4n) is 5.07. The van der Waals surface area contributed by atoms with Crippen LogP contribution in [0.4, 0.5) is 10.1 Å². The maximum atomic E-state index is 15.2. The second-order valence-corrected chi connectivity index (χ2v) is 10.5. The van der Waals surface area contributed by atoms with Gasteiger partial charge in [0.05, 0.1) is 5.62 Å². The van der Waals surface area contributed by atoms with Crippen LogP contribution in [0.5, 0.6) is 0 Å². The normalized spacial score (nSPS) is 25.2. The van der Waals surface area contributed by atoms with Crippen molar-refractivity contribution in [2.75, 3.05) is 12.4 Å². The van der Waals surface area contributed by atoms with E-state index in [2.05, 4.69) is 15.4 Å². The minimum absolute atomic E-state index is 0.0366. The molecule has 0 spiro atoms. The number of hydrogen-bond acceptors (Lipinski definition) is 10. The molecule has 0 saturated carbocycles. The average Bonchev–Trinajstić information content (AvgIpc) is 3.26. The largest absolute Gasteiger partial charge is 0.384 e. The second-order valence-electron chi connectivity index (χ2n) is 10.5. The summed E-state index contributed by atoms with van der Waals surface area (Å²) in [4.78, 5) is 38.2. The molecule has 3 atom stereocenters. The van der Waals surface area contributed by atoms with Crippen LogP contribution in [-0.4, -0.2) is 115 Å². The third-order valence-electron chi connectivity index (χ3n) is 7.60. The summed E-state index contributed by atoms with van der Waals surface area (Å²) in [5.74, 6) is -5.08. The maximum absolute atomic E-state index is 15.2. The summed E-state index contributed by atoms with van der Waals surface area (Å²) in [6.45, 7) is -0.598. The molecule has 2 aromatic rings. The molecule has 43 heavy (non-hydrogen) atoms. The van der Waals surface area contributed by atoms with Crippen molar-refractivity contribution < 1.29 is 43.9 Å². The number of aldehydes is 1. The highest BCUT2D eigenvalue weighted by molar-refractivity contribution is 6.44. The van der Waals surface area contributed by atoms with E-state index in [9.17, 15) is 34.8 Å². The van der Waals surface area contributed by atoms with Gasteiger partial charge >= 0.3 is 5.97 Å². The molecule has 4 rings (SSSR count). The molecule has 6 N–H and O–H groups in total. The Bertz CT molecular complexity index is 1400. The first-order chi connectivity index (χ1) is 20.0. The number of aliphatic hydroxyl groups is 4. The summed E-state index contributed by atoms with van der Waals surface area (Å²) in [5.41, 5.74) is -4.44. The van der Waals surface area contributed by atoms with Gasteiger partial charge in [-0.15, -0.1) is 0 Å². The fraction of sp³-hybridized carbons (Fsp3) is 0.423. The Hall–Kier alpha value is -3.20. The van der Waals surface area contributed by atoms with E-state index in [0.29, 0.717) is 28.0 Å². The zero-order valence-electron chi connectivity index (χ0n) is 23.2. The number of rotatable bonds is 10. The molecule has 3 unspecified atom stereocenters. The molecule has 12 nitrogen and oxygen atoms in total. The molecular weight excluding hydrogens is 559 g/mol. The van der Waals surface area contributed by atoms with Crippen LogP contribution in [-0.2, 0) is 34.0 Å². The zero-order chi connectivity index (χ0) is 32.0. The lowest BCUT2D eigenvalue weighted by Gasteiger charge is -2.63. The third-order valence-corrected chi connectivity index (χ3v) is 7.60. The van der Waals surface area contributed by atoms with E-state index in [0.717, 1.165) is 6.07 Å². The number of ether oxygens (including phenoxy) is 1. The van der Waals surface area contributed by atoms with Crippen LogP contribution in [0.2, 0.25) is 0 Å². The van der Waals surface area contributed by atoms with E-state index in [1.54, 1.807) is 18.2 Å². The van der Waals surface area contributed by atoms with Crippen molar-refractivity contribution in [3.8, 4) is 0 Å². The molecule has 17 heteroatoms. The SMILES string of the molecule is [B]C1([B])OC(O)(O)C([B])(O)N(Cc2ccc(CNc3cccc4c3CN(C(CCC=O)C(=O)NC)C4=O)c(F)c2)C1([B])O. The molecular formula is C26H27B4FN4O8. The van der Waals surface area contributed by atoms with Gasteiger partial charge in [-0.25, -0.2) is 4.39 Å². The molecule has 0 bridgehead atoms. The number of amides is 2. The number of nitrogens with zero attached hydrogens (tertiary/aromatic N) is 2. The van der Waals surface area contributed by atoms with E-state index in [1.165, 1.54) is 24.1 Å². The predicted octanol–water partition coefficient (Wildman–Crippen LogP) is -2.42. The van der Waals surface area contributed by atoms with Gasteiger partial charge in [0.1, 0.15) is 49.5 Å². The van der Waals surface area contributed by atoms with Gasteiger partial charge in [-0.2, -0.15) is 0 Å². The number of nitrogens with one attached hydrogen (secondary N) is 2. The van der Waals surface area contributed by atoms with E-state index >= 15 is 4.39 Å². The molecule has 1 fully saturated rings. The Labute approximate surface area is 252 Å².